The van der Waals surface area contributed by atoms with Crippen LogP contribution in [0.25, 0.3) is 10.9 Å². The molecule has 1 amide bonds. The first-order valence-corrected chi connectivity index (χ1v) is 12.3. The number of hydrogen-bond acceptors (Lipinski definition) is 6. The number of hydrogen-bond donors (Lipinski definition) is 1. The molecule has 2 heterocycles. The molecule has 0 fully saturated rings. The van der Waals surface area contributed by atoms with Gasteiger partial charge in [-0.15, -0.1) is 0 Å². The molecule has 0 atom stereocenters. The number of fused-ring (bicyclic) bond motifs is 1. The van der Waals surface area contributed by atoms with E-state index in [-0.39, 0.29) is 5.91 Å². The monoisotopic (exact) mass is 490 g/mol. The number of rotatable bonds is 11. The van der Waals surface area contributed by atoms with Crippen LogP contribution >= 0.6 is 0 Å². The Bertz CT molecular complexity index is 1320. The van der Waals surface area contributed by atoms with Gasteiger partial charge in [0.15, 0.2) is 11.5 Å². The van der Waals surface area contributed by atoms with Gasteiger partial charge in [-0.25, -0.2) is 0 Å². The topological polar surface area (TPSA) is 81.8 Å². The lowest BCUT2D eigenvalue weighted by molar-refractivity contribution is 0.102. The van der Waals surface area contributed by atoms with E-state index in [0.717, 1.165) is 59.8 Å². The zero-order valence-electron chi connectivity index (χ0n) is 21.6. The van der Waals surface area contributed by atoms with Gasteiger partial charge in [-0.2, -0.15) is 0 Å². The van der Waals surface area contributed by atoms with Gasteiger partial charge in [-0.3, -0.25) is 4.79 Å². The average Bonchev–Trinajstić information content (AvgIpc) is 3.44. The number of aryl methyl sites for hydroxylation is 2. The van der Waals surface area contributed by atoms with Gasteiger partial charge in [0.1, 0.15) is 12.4 Å². The van der Waals surface area contributed by atoms with Crippen molar-refractivity contribution in [2.24, 2.45) is 0 Å². The summed E-state index contributed by atoms with van der Waals surface area (Å²) in [6, 6.07) is 13.2. The van der Waals surface area contributed by atoms with E-state index in [1.165, 1.54) is 0 Å². The third kappa shape index (κ3) is 5.54. The normalized spacial score (nSPS) is 11.3. The Morgan fingerprint density at radius 1 is 1.08 bits per heavy atom. The van der Waals surface area contributed by atoms with Gasteiger partial charge in [-0.05, 0) is 69.4 Å². The number of anilines is 1. The number of nitrogens with zero attached hydrogens (tertiary/aromatic N) is 3. The van der Waals surface area contributed by atoms with Crippen LogP contribution in [-0.2, 0) is 13.2 Å². The second-order valence-corrected chi connectivity index (χ2v) is 8.72. The molecule has 0 unspecified atom stereocenters. The number of aromatic nitrogens is 2. The van der Waals surface area contributed by atoms with Crippen molar-refractivity contribution in [2.45, 2.75) is 40.8 Å². The Kier molecular flexibility index (Phi) is 7.95. The molecule has 1 N–H and O–H groups in total. The molecule has 0 aliphatic rings. The Morgan fingerprint density at radius 2 is 1.89 bits per heavy atom. The van der Waals surface area contributed by atoms with Crippen LogP contribution in [0.2, 0.25) is 0 Å². The maximum Gasteiger partial charge on any atom is 0.255 e. The highest BCUT2D eigenvalue weighted by atomic mass is 16.5. The second-order valence-electron chi connectivity index (χ2n) is 8.72. The predicted molar refractivity (Wildman–Crippen MR) is 141 cm³/mol. The lowest BCUT2D eigenvalue weighted by Gasteiger charge is -2.18. The van der Waals surface area contributed by atoms with Gasteiger partial charge in [0, 0.05) is 41.4 Å². The van der Waals surface area contributed by atoms with E-state index in [1.54, 1.807) is 25.3 Å². The quantitative estimate of drug-likeness (QED) is 0.302. The highest BCUT2D eigenvalue weighted by molar-refractivity contribution is 6.05. The fourth-order valence-electron chi connectivity index (χ4n) is 4.25. The Morgan fingerprint density at radius 3 is 2.58 bits per heavy atom. The van der Waals surface area contributed by atoms with Crippen molar-refractivity contribution in [3.63, 3.8) is 0 Å². The SMILES string of the molecule is CCN(CC)CCn1ccc2cc(NC(=O)c3ccc(OCc4c(C)noc4C)c(OC)c3)ccc21. The summed E-state index contributed by atoms with van der Waals surface area (Å²) >= 11 is 0. The molecule has 0 aliphatic heterocycles. The van der Waals surface area contributed by atoms with Crippen LogP contribution < -0.4 is 14.8 Å². The van der Waals surface area contributed by atoms with Crippen molar-refractivity contribution in [3.05, 3.63) is 71.2 Å². The van der Waals surface area contributed by atoms with Crippen molar-refractivity contribution in [1.82, 2.24) is 14.6 Å². The molecule has 0 saturated carbocycles. The molecule has 2 aromatic carbocycles. The van der Waals surface area contributed by atoms with Crippen molar-refractivity contribution in [1.29, 1.82) is 0 Å². The molecule has 190 valence electrons. The number of amides is 1. The number of ether oxygens (including phenoxy) is 2. The molecule has 0 saturated heterocycles. The number of likely N-dealkylation sites (N-methyl/N-ethyl adjacent to an activating group) is 1. The summed E-state index contributed by atoms with van der Waals surface area (Å²) in [5.74, 6) is 1.53. The second kappa shape index (κ2) is 11.3. The van der Waals surface area contributed by atoms with Crippen molar-refractivity contribution in [3.8, 4) is 11.5 Å². The minimum Gasteiger partial charge on any atom is -0.493 e. The number of carbonyl (C=O) groups excluding carboxylic acids is 1. The fraction of sp³-hybridized carbons (Fsp3) is 0.357. The molecular formula is C28H34N4O4. The molecule has 0 radical (unpaired) electrons. The van der Waals surface area contributed by atoms with Gasteiger partial charge in [-0.1, -0.05) is 19.0 Å². The summed E-state index contributed by atoms with van der Waals surface area (Å²) < 4.78 is 18.9. The maximum absolute atomic E-state index is 13.0. The van der Waals surface area contributed by atoms with Gasteiger partial charge in [0.05, 0.1) is 18.4 Å². The molecule has 8 nitrogen and oxygen atoms in total. The van der Waals surface area contributed by atoms with Crippen LogP contribution in [-0.4, -0.2) is 47.3 Å². The first-order chi connectivity index (χ1) is 17.4. The largest absolute Gasteiger partial charge is 0.493 e. The number of nitrogens with one attached hydrogen (secondary N) is 1. The van der Waals surface area contributed by atoms with Gasteiger partial charge in [0.25, 0.3) is 5.91 Å². The fourth-order valence-corrected chi connectivity index (χ4v) is 4.25. The summed E-state index contributed by atoms with van der Waals surface area (Å²) in [5.41, 5.74) is 4.07. The van der Waals surface area contributed by atoms with E-state index in [2.05, 4.69) is 52.1 Å². The van der Waals surface area contributed by atoms with E-state index in [1.807, 2.05) is 26.0 Å². The Labute approximate surface area is 211 Å². The van der Waals surface area contributed by atoms with Gasteiger partial charge in [0.2, 0.25) is 0 Å². The molecule has 8 heteroatoms. The minimum atomic E-state index is -0.217. The van der Waals surface area contributed by atoms with Crippen molar-refractivity contribution in [2.75, 3.05) is 32.1 Å². The predicted octanol–water partition coefficient (Wildman–Crippen LogP) is 5.43. The van der Waals surface area contributed by atoms with Gasteiger partial charge < -0.3 is 28.8 Å². The average molecular weight is 491 g/mol. The van der Waals surface area contributed by atoms with Crippen LogP contribution in [0.5, 0.6) is 11.5 Å². The van der Waals surface area contributed by atoms with Crippen molar-refractivity contribution < 1.29 is 18.8 Å². The first-order valence-electron chi connectivity index (χ1n) is 12.3. The zero-order chi connectivity index (χ0) is 25.7. The van der Waals surface area contributed by atoms with E-state index >= 15 is 0 Å². The highest BCUT2D eigenvalue weighted by Gasteiger charge is 2.15. The molecular weight excluding hydrogens is 456 g/mol. The summed E-state index contributed by atoms with van der Waals surface area (Å²) in [7, 11) is 1.55. The molecule has 0 spiro atoms. The van der Waals surface area contributed by atoms with Crippen LogP contribution in [0.3, 0.4) is 0 Å². The Hall–Kier alpha value is -3.78. The summed E-state index contributed by atoms with van der Waals surface area (Å²) in [5, 5.41) is 8.03. The van der Waals surface area contributed by atoms with E-state index in [4.69, 9.17) is 14.0 Å². The van der Waals surface area contributed by atoms with E-state index < -0.39 is 0 Å². The zero-order valence-corrected chi connectivity index (χ0v) is 21.6. The van der Waals surface area contributed by atoms with Crippen molar-refractivity contribution >= 4 is 22.5 Å². The highest BCUT2D eigenvalue weighted by Crippen LogP contribution is 2.30. The third-order valence-electron chi connectivity index (χ3n) is 6.56. The summed E-state index contributed by atoms with van der Waals surface area (Å²) in [6.45, 7) is 12.4. The number of carbonyl (C=O) groups is 1. The Balaban J connectivity index is 1.43. The smallest absolute Gasteiger partial charge is 0.255 e. The lowest BCUT2D eigenvalue weighted by Crippen LogP contribution is -2.26. The maximum atomic E-state index is 13.0. The van der Waals surface area contributed by atoms with Crippen LogP contribution in [0, 0.1) is 13.8 Å². The van der Waals surface area contributed by atoms with Crippen LogP contribution in [0.15, 0.2) is 53.2 Å². The molecule has 4 rings (SSSR count). The standard InChI is InChI=1S/C28H34N4O4/c1-6-31(7-2)14-15-32-13-12-21-16-23(9-10-25(21)32)29-28(33)22-8-11-26(27(17-22)34-5)35-18-24-19(3)30-36-20(24)4/h8-13,16-17H,6-7,14-15,18H2,1-5H3,(H,29,33). The lowest BCUT2D eigenvalue weighted by atomic mass is 10.1. The summed E-state index contributed by atoms with van der Waals surface area (Å²) in [6.07, 6.45) is 2.10. The minimum absolute atomic E-state index is 0.217. The first kappa shape index (κ1) is 25.3. The van der Waals surface area contributed by atoms with Crippen LogP contribution in [0.4, 0.5) is 5.69 Å². The number of benzene rings is 2. The van der Waals surface area contributed by atoms with Gasteiger partial charge >= 0.3 is 0 Å². The molecule has 0 aliphatic carbocycles. The van der Waals surface area contributed by atoms with Crippen LogP contribution in [0.1, 0.15) is 41.2 Å². The van der Waals surface area contributed by atoms with E-state index in [9.17, 15) is 4.79 Å². The molecule has 4 aromatic rings. The third-order valence-corrected chi connectivity index (χ3v) is 6.56. The molecule has 0 bridgehead atoms. The summed E-state index contributed by atoms with van der Waals surface area (Å²) in [4.78, 5) is 15.4. The number of methoxy groups -OCH3 is 1. The molecule has 2 aromatic heterocycles. The van der Waals surface area contributed by atoms with E-state index in [0.29, 0.717) is 23.7 Å². The molecule has 36 heavy (non-hydrogen) atoms.